The van der Waals surface area contributed by atoms with Gasteiger partial charge in [0.15, 0.2) is 0 Å². The highest BCUT2D eigenvalue weighted by Crippen LogP contribution is 2.33. The second-order valence-corrected chi connectivity index (χ2v) is 9.02. The fourth-order valence-corrected chi connectivity index (χ4v) is 4.33. The number of ketones is 1. The van der Waals surface area contributed by atoms with Crippen molar-refractivity contribution in [1.82, 2.24) is 14.7 Å². The molecule has 1 unspecified atom stereocenters. The molecular weight excluding hydrogens is 483 g/mol. The van der Waals surface area contributed by atoms with Crippen LogP contribution in [0, 0.1) is 6.92 Å². The molecule has 0 saturated carbocycles. The fourth-order valence-electron chi connectivity index (χ4n) is 3.01. The van der Waals surface area contributed by atoms with Crippen LogP contribution in [-0.4, -0.2) is 31.3 Å². The SMILES string of the molecule is COC(NS(=O)(=O)c1ccc(C)c(C(F)(F)F)c1)c1cc(Cl)cnc1C(=O)c1ccncc1. The summed E-state index contributed by atoms with van der Waals surface area (Å²) >= 11 is 6.00. The van der Waals surface area contributed by atoms with Gasteiger partial charge in [0.05, 0.1) is 15.5 Å². The summed E-state index contributed by atoms with van der Waals surface area (Å²) in [6.07, 6.45) is -2.21. The molecule has 1 atom stereocenters. The van der Waals surface area contributed by atoms with Crippen molar-refractivity contribution in [3.05, 3.63) is 88.0 Å². The Balaban J connectivity index is 2.03. The van der Waals surface area contributed by atoms with Crippen LogP contribution in [0.4, 0.5) is 13.2 Å². The summed E-state index contributed by atoms with van der Waals surface area (Å²) in [6, 6.07) is 6.80. The zero-order valence-electron chi connectivity index (χ0n) is 17.2. The minimum Gasteiger partial charge on any atom is -0.361 e. The van der Waals surface area contributed by atoms with E-state index in [-0.39, 0.29) is 27.4 Å². The van der Waals surface area contributed by atoms with E-state index in [1.54, 1.807) is 0 Å². The number of nitrogens with zero attached hydrogens (tertiary/aromatic N) is 2. The number of carbonyl (C=O) groups excluding carboxylic acids is 1. The molecule has 33 heavy (non-hydrogen) atoms. The van der Waals surface area contributed by atoms with Crippen LogP contribution in [0.15, 0.2) is 59.9 Å². The molecule has 0 bridgehead atoms. The van der Waals surface area contributed by atoms with Crippen molar-refractivity contribution in [2.45, 2.75) is 24.2 Å². The molecule has 2 aromatic heterocycles. The first-order valence-electron chi connectivity index (χ1n) is 9.27. The Morgan fingerprint density at radius 1 is 1.15 bits per heavy atom. The molecule has 3 aromatic rings. The van der Waals surface area contributed by atoms with Gasteiger partial charge in [-0.15, -0.1) is 0 Å². The first kappa shape index (κ1) is 24.8. The molecule has 3 rings (SSSR count). The van der Waals surface area contributed by atoms with Gasteiger partial charge in [0.2, 0.25) is 15.8 Å². The normalized spacial score (nSPS) is 13.0. The van der Waals surface area contributed by atoms with E-state index in [1.807, 2.05) is 0 Å². The van der Waals surface area contributed by atoms with Crippen LogP contribution >= 0.6 is 11.6 Å². The summed E-state index contributed by atoms with van der Waals surface area (Å²) in [5.41, 5.74) is -1.16. The summed E-state index contributed by atoms with van der Waals surface area (Å²) in [7, 11) is -3.35. The van der Waals surface area contributed by atoms with E-state index in [4.69, 9.17) is 16.3 Å². The number of carbonyl (C=O) groups is 1. The largest absolute Gasteiger partial charge is 0.416 e. The van der Waals surface area contributed by atoms with Crippen LogP contribution in [0.2, 0.25) is 5.02 Å². The molecule has 2 heterocycles. The van der Waals surface area contributed by atoms with Crippen LogP contribution in [-0.2, 0) is 20.9 Å². The van der Waals surface area contributed by atoms with Crippen molar-refractivity contribution in [3.63, 3.8) is 0 Å². The number of nitrogens with one attached hydrogen (secondary N) is 1. The predicted octanol–water partition coefficient (Wildman–Crippen LogP) is 4.31. The molecule has 0 aliphatic carbocycles. The highest BCUT2D eigenvalue weighted by Gasteiger charge is 2.34. The number of aryl methyl sites for hydroxylation is 1. The Bertz CT molecular complexity index is 1290. The van der Waals surface area contributed by atoms with E-state index in [0.717, 1.165) is 19.2 Å². The summed E-state index contributed by atoms with van der Waals surface area (Å²) < 4.78 is 72.9. The molecule has 0 fully saturated rings. The summed E-state index contributed by atoms with van der Waals surface area (Å²) in [5.74, 6) is -0.556. The van der Waals surface area contributed by atoms with Crippen molar-refractivity contribution in [2.24, 2.45) is 0 Å². The highest BCUT2D eigenvalue weighted by molar-refractivity contribution is 7.89. The van der Waals surface area contributed by atoms with Crippen molar-refractivity contribution < 1.29 is 31.1 Å². The molecule has 1 N–H and O–H groups in total. The molecule has 12 heteroatoms. The van der Waals surface area contributed by atoms with Crippen LogP contribution in [0.25, 0.3) is 0 Å². The summed E-state index contributed by atoms with van der Waals surface area (Å²) in [5, 5.41) is 0.0900. The van der Waals surface area contributed by atoms with Gasteiger partial charge in [-0.05, 0) is 42.8 Å². The van der Waals surface area contributed by atoms with Gasteiger partial charge in [-0.2, -0.15) is 17.9 Å². The smallest absolute Gasteiger partial charge is 0.361 e. The number of ether oxygens (including phenoxy) is 1. The number of aromatic nitrogens is 2. The van der Waals surface area contributed by atoms with Gasteiger partial charge < -0.3 is 4.74 Å². The molecule has 0 aliphatic heterocycles. The average molecular weight is 500 g/mol. The van der Waals surface area contributed by atoms with Gasteiger partial charge in [-0.25, -0.2) is 8.42 Å². The molecule has 0 amide bonds. The molecule has 7 nitrogen and oxygen atoms in total. The standard InChI is InChI=1S/C21H17ClF3N3O4S/c1-12-3-4-15(10-17(12)21(23,24)25)33(30,31)28-20(32-2)16-9-14(22)11-27-18(16)19(29)13-5-7-26-8-6-13/h3-11,20,28H,1-2H3. The fraction of sp³-hybridized carbons (Fsp3) is 0.190. The Morgan fingerprint density at radius 3 is 2.42 bits per heavy atom. The van der Waals surface area contributed by atoms with Gasteiger partial charge >= 0.3 is 6.18 Å². The molecular formula is C21H17ClF3N3O4S. The lowest BCUT2D eigenvalue weighted by Crippen LogP contribution is -2.31. The quantitative estimate of drug-likeness (QED) is 0.384. The highest BCUT2D eigenvalue weighted by atomic mass is 35.5. The van der Waals surface area contributed by atoms with Crippen LogP contribution < -0.4 is 4.72 Å². The maximum atomic E-state index is 13.3. The minimum absolute atomic E-state index is 0.0152. The molecule has 0 saturated heterocycles. The number of hydrogen-bond donors (Lipinski definition) is 1. The van der Waals surface area contributed by atoms with Gasteiger partial charge in [0.1, 0.15) is 11.9 Å². The molecule has 174 valence electrons. The molecule has 0 spiro atoms. The Kier molecular flexibility index (Phi) is 7.17. The number of alkyl halides is 3. The van der Waals surface area contributed by atoms with Gasteiger partial charge in [0.25, 0.3) is 0 Å². The lowest BCUT2D eigenvalue weighted by Gasteiger charge is -2.20. The summed E-state index contributed by atoms with van der Waals surface area (Å²) in [6.45, 7) is 1.22. The number of hydrogen-bond acceptors (Lipinski definition) is 6. The Morgan fingerprint density at radius 2 is 1.82 bits per heavy atom. The predicted molar refractivity (Wildman–Crippen MR) is 113 cm³/mol. The number of halogens is 4. The number of methoxy groups -OCH3 is 1. The molecule has 0 aliphatic rings. The van der Waals surface area contributed by atoms with E-state index in [1.165, 1.54) is 43.7 Å². The topological polar surface area (TPSA) is 98.2 Å². The van der Waals surface area contributed by atoms with E-state index >= 15 is 0 Å². The number of sulfonamides is 1. The van der Waals surface area contributed by atoms with Crippen molar-refractivity contribution >= 4 is 27.4 Å². The summed E-state index contributed by atoms with van der Waals surface area (Å²) in [4.78, 5) is 20.2. The maximum Gasteiger partial charge on any atom is 0.416 e. The number of pyridine rings is 2. The van der Waals surface area contributed by atoms with E-state index in [0.29, 0.717) is 6.07 Å². The third-order valence-electron chi connectivity index (χ3n) is 4.65. The molecule has 1 aromatic carbocycles. The third kappa shape index (κ3) is 5.56. The number of rotatable bonds is 7. The van der Waals surface area contributed by atoms with Crippen molar-refractivity contribution in [1.29, 1.82) is 0 Å². The third-order valence-corrected chi connectivity index (χ3v) is 6.25. The van der Waals surface area contributed by atoms with Crippen LogP contribution in [0.3, 0.4) is 0 Å². The minimum atomic E-state index is -4.74. The molecule has 0 radical (unpaired) electrons. The van der Waals surface area contributed by atoms with E-state index < -0.39 is 38.7 Å². The second kappa shape index (κ2) is 9.56. The van der Waals surface area contributed by atoms with Gasteiger partial charge in [0, 0.05) is 36.8 Å². The van der Waals surface area contributed by atoms with Crippen molar-refractivity contribution in [3.8, 4) is 0 Å². The van der Waals surface area contributed by atoms with Gasteiger partial charge in [-0.1, -0.05) is 17.7 Å². The van der Waals surface area contributed by atoms with E-state index in [2.05, 4.69) is 14.7 Å². The lowest BCUT2D eigenvalue weighted by molar-refractivity contribution is -0.138. The zero-order chi connectivity index (χ0) is 24.4. The zero-order valence-corrected chi connectivity index (χ0v) is 18.8. The lowest BCUT2D eigenvalue weighted by atomic mass is 10.0. The Labute approximate surface area is 192 Å². The van der Waals surface area contributed by atoms with Gasteiger partial charge in [-0.3, -0.25) is 14.8 Å². The average Bonchev–Trinajstić information content (AvgIpc) is 2.77. The number of benzene rings is 1. The first-order valence-corrected chi connectivity index (χ1v) is 11.1. The second-order valence-electron chi connectivity index (χ2n) is 6.87. The van der Waals surface area contributed by atoms with Crippen LogP contribution in [0.5, 0.6) is 0 Å². The maximum absolute atomic E-state index is 13.3. The monoisotopic (exact) mass is 499 g/mol. The first-order chi connectivity index (χ1) is 15.4. The van der Waals surface area contributed by atoms with E-state index in [9.17, 15) is 26.4 Å². The van der Waals surface area contributed by atoms with Crippen LogP contribution in [0.1, 0.15) is 39.0 Å². The van der Waals surface area contributed by atoms with Crippen molar-refractivity contribution in [2.75, 3.05) is 7.11 Å². The Hall–Kier alpha value is -2.86.